The molecular weight excluding hydrogens is 749 g/mol. The van der Waals surface area contributed by atoms with E-state index in [9.17, 15) is 0 Å². The molecule has 3 heterocycles. The fourth-order valence-electron chi connectivity index (χ4n) is 9.03. The molecule has 3 aromatic heterocycles. The second-order valence-corrected chi connectivity index (χ2v) is 15.2. The summed E-state index contributed by atoms with van der Waals surface area (Å²) in [5.41, 5.74) is 9.99. The summed E-state index contributed by atoms with van der Waals surface area (Å²) in [6, 6.07) is 75.3. The van der Waals surface area contributed by atoms with E-state index in [2.05, 4.69) is 196 Å². The fraction of sp³-hybridized carbons (Fsp3) is 0. The van der Waals surface area contributed by atoms with Crippen LogP contribution in [0.4, 0.5) is 0 Å². The molecule has 0 atom stereocenters. The van der Waals surface area contributed by atoms with E-state index in [1.807, 2.05) is 36.4 Å². The Kier molecular flexibility index (Phi) is 8.16. The zero-order chi connectivity index (χ0) is 40.3. The van der Waals surface area contributed by atoms with Crippen molar-refractivity contribution in [1.82, 2.24) is 13.7 Å². The lowest BCUT2D eigenvalue weighted by molar-refractivity contribution is 0.307. The quantitative estimate of drug-likeness (QED) is 0.137. The minimum Gasteiger partial charge on any atom is -0.490 e. The first-order valence-electron chi connectivity index (χ1n) is 20.5. The van der Waals surface area contributed by atoms with Crippen LogP contribution in [0.15, 0.2) is 218 Å². The minimum absolute atomic E-state index is 0.610. The van der Waals surface area contributed by atoms with Gasteiger partial charge in [-0.3, -0.25) is 0 Å². The van der Waals surface area contributed by atoms with Crippen molar-refractivity contribution in [3.05, 3.63) is 218 Å². The Morgan fingerprint density at radius 2 is 0.426 bits per heavy atom. The Bertz CT molecular complexity index is 3030. The number of rotatable bonds is 9. The number of aromatic nitrogens is 3. The Morgan fingerprint density at radius 3 is 0.639 bits per heavy atom. The highest BCUT2D eigenvalue weighted by atomic mass is 16.7. The van der Waals surface area contributed by atoms with Crippen molar-refractivity contribution in [2.24, 2.45) is 0 Å². The molecule has 0 aliphatic rings. The lowest BCUT2D eigenvalue weighted by atomic mass is 10.1. The number of benzene rings is 9. The van der Waals surface area contributed by atoms with Gasteiger partial charge in [0.25, 0.3) is 0 Å². The Labute approximate surface area is 351 Å². The third-order valence-electron chi connectivity index (χ3n) is 11.7. The first-order valence-corrected chi connectivity index (χ1v) is 20.5. The third-order valence-corrected chi connectivity index (χ3v) is 11.7. The predicted molar refractivity (Wildman–Crippen MR) is 250 cm³/mol. The smallest absolute Gasteiger partial charge is 0.490 e. The van der Waals surface area contributed by atoms with E-state index in [4.69, 9.17) is 14.0 Å². The maximum Gasteiger partial charge on any atom is 0.864 e. The lowest BCUT2D eigenvalue weighted by Gasteiger charge is -2.18. The maximum absolute atomic E-state index is 6.54. The van der Waals surface area contributed by atoms with Crippen LogP contribution in [0.1, 0.15) is 0 Å². The molecule has 9 aromatic carbocycles. The van der Waals surface area contributed by atoms with Gasteiger partial charge >= 0.3 is 7.32 Å². The van der Waals surface area contributed by atoms with E-state index in [1.165, 1.54) is 32.3 Å². The summed E-state index contributed by atoms with van der Waals surface area (Å²) in [7, 11) is -1.10. The van der Waals surface area contributed by atoms with Crippen LogP contribution in [0.5, 0.6) is 17.2 Å². The van der Waals surface area contributed by atoms with Gasteiger partial charge < -0.3 is 27.7 Å². The first-order chi connectivity index (χ1) is 30.2. The molecule has 12 rings (SSSR count). The van der Waals surface area contributed by atoms with Gasteiger partial charge in [-0.15, -0.1) is 0 Å². The van der Waals surface area contributed by atoms with Gasteiger partial charge in [0, 0.05) is 49.4 Å². The van der Waals surface area contributed by atoms with Gasteiger partial charge in [-0.05, 0) is 109 Å². The average molecular weight is 786 g/mol. The van der Waals surface area contributed by atoms with Crippen LogP contribution < -0.4 is 14.0 Å². The molecule has 0 fully saturated rings. The summed E-state index contributed by atoms with van der Waals surface area (Å²) in [6.07, 6.45) is 0. The topological polar surface area (TPSA) is 42.5 Å². The van der Waals surface area contributed by atoms with Gasteiger partial charge in [0.2, 0.25) is 0 Å². The Balaban J connectivity index is 0.878. The maximum atomic E-state index is 6.54. The van der Waals surface area contributed by atoms with Crippen LogP contribution in [0.3, 0.4) is 0 Å². The van der Waals surface area contributed by atoms with Gasteiger partial charge in [-0.1, -0.05) is 109 Å². The van der Waals surface area contributed by atoms with Crippen LogP contribution >= 0.6 is 0 Å². The Hall–Kier alpha value is -8.16. The van der Waals surface area contributed by atoms with Gasteiger partial charge in [0.15, 0.2) is 0 Å². The summed E-state index contributed by atoms with van der Waals surface area (Å²) in [6.45, 7) is 0. The van der Waals surface area contributed by atoms with E-state index in [0.29, 0.717) is 17.2 Å². The molecule has 7 heteroatoms. The van der Waals surface area contributed by atoms with Crippen molar-refractivity contribution in [1.29, 1.82) is 0 Å². The van der Waals surface area contributed by atoms with Crippen molar-refractivity contribution < 1.29 is 14.0 Å². The number of para-hydroxylation sites is 6. The van der Waals surface area contributed by atoms with Crippen LogP contribution in [0, 0.1) is 0 Å². The molecule has 0 unspecified atom stereocenters. The van der Waals surface area contributed by atoms with Crippen molar-refractivity contribution >= 4 is 72.7 Å². The standard InChI is InChI=1S/C54H36BN3O3/c1-7-19-49-43(13-1)44-14-2-8-20-50(44)56(49)37-25-31-40(32-26-37)59-55(60-41-33-27-38(28-34-41)57-51-21-9-3-15-45(51)46-16-4-10-22-52(46)57)61-42-35-29-39(30-36-42)58-53-23-11-5-17-47(53)48-18-6-12-24-54(48)58/h1-36H. The molecule has 0 N–H and O–H groups in total. The molecule has 12 aromatic rings. The monoisotopic (exact) mass is 785 g/mol. The molecule has 0 saturated carbocycles. The van der Waals surface area contributed by atoms with E-state index < -0.39 is 7.32 Å². The normalized spacial score (nSPS) is 11.6. The molecule has 0 saturated heterocycles. The van der Waals surface area contributed by atoms with Gasteiger partial charge in [0.05, 0.1) is 33.1 Å². The lowest BCUT2D eigenvalue weighted by Crippen LogP contribution is -2.37. The van der Waals surface area contributed by atoms with Crippen LogP contribution in [-0.2, 0) is 0 Å². The van der Waals surface area contributed by atoms with E-state index >= 15 is 0 Å². The first kappa shape index (κ1) is 34.8. The van der Waals surface area contributed by atoms with Crippen LogP contribution in [-0.4, -0.2) is 21.0 Å². The second-order valence-electron chi connectivity index (χ2n) is 15.2. The zero-order valence-corrected chi connectivity index (χ0v) is 32.9. The van der Waals surface area contributed by atoms with Gasteiger partial charge in [-0.2, -0.15) is 0 Å². The molecule has 61 heavy (non-hydrogen) atoms. The SMILES string of the molecule is c1ccc2c(c1)c1ccccc1n2-c1ccc(OB(Oc2ccc(-n3c4ccccc4c4ccccc43)cc2)Oc2ccc(-n3c4ccccc4c4ccccc43)cc2)cc1. The van der Waals surface area contributed by atoms with Crippen molar-refractivity contribution in [2.45, 2.75) is 0 Å². The molecule has 288 valence electrons. The highest BCUT2D eigenvalue weighted by molar-refractivity contribution is 6.39. The summed E-state index contributed by atoms with van der Waals surface area (Å²) >= 11 is 0. The highest BCUT2D eigenvalue weighted by Gasteiger charge is 2.31. The number of hydrogen-bond donors (Lipinski definition) is 0. The van der Waals surface area contributed by atoms with Crippen LogP contribution in [0.25, 0.3) is 82.5 Å². The molecule has 0 bridgehead atoms. The van der Waals surface area contributed by atoms with Crippen molar-refractivity contribution in [3.63, 3.8) is 0 Å². The Morgan fingerprint density at radius 1 is 0.230 bits per heavy atom. The molecule has 0 aliphatic heterocycles. The van der Waals surface area contributed by atoms with E-state index in [0.717, 1.165) is 50.2 Å². The molecule has 6 nitrogen and oxygen atoms in total. The number of nitrogens with zero attached hydrogens (tertiary/aromatic N) is 3. The fourth-order valence-corrected chi connectivity index (χ4v) is 9.03. The molecular formula is C54H36BN3O3. The molecule has 0 radical (unpaired) electrons. The minimum atomic E-state index is -1.10. The third kappa shape index (κ3) is 5.89. The van der Waals surface area contributed by atoms with E-state index in [1.54, 1.807) is 0 Å². The average Bonchev–Trinajstić information content (AvgIpc) is 3.96. The predicted octanol–water partition coefficient (Wildman–Crippen LogP) is 13.5. The summed E-state index contributed by atoms with van der Waals surface area (Å²) in [5.74, 6) is 1.83. The molecule has 0 spiro atoms. The largest absolute Gasteiger partial charge is 0.864 e. The van der Waals surface area contributed by atoms with Crippen LogP contribution in [0.2, 0.25) is 0 Å². The van der Waals surface area contributed by atoms with Crippen molar-refractivity contribution in [3.8, 4) is 34.3 Å². The number of fused-ring (bicyclic) bond motifs is 9. The summed E-state index contributed by atoms with van der Waals surface area (Å²) in [5, 5.41) is 7.30. The summed E-state index contributed by atoms with van der Waals surface area (Å²) < 4.78 is 26.5. The van der Waals surface area contributed by atoms with Gasteiger partial charge in [-0.25, -0.2) is 0 Å². The highest BCUT2D eigenvalue weighted by Crippen LogP contribution is 2.35. The van der Waals surface area contributed by atoms with Crippen molar-refractivity contribution in [2.75, 3.05) is 0 Å². The molecule has 0 amide bonds. The summed E-state index contributed by atoms with van der Waals surface area (Å²) in [4.78, 5) is 0. The molecule has 0 aliphatic carbocycles. The van der Waals surface area contributed by atoms with E-state index in [-0.39, 0.29) is 0 Å². The second kappa shape index (κ2) is 14.3. The zero-order valence-electron chi connectivity index (χ0n) is 32.9. The van der Waals surface area contributed by atoms with Gasteiger partial charge in [0.1, 0.15) is 17.2 Å². The number of hydrogen-bond acceptors (Lipinski definition) is 3.